The number of hydrogen-bond acceptors (Lipinski definition) is 3. The van der Waals surface area contributed by atoms with Crippen LogP contribution in [0.4, 0.5) is 13.2 Å². The first-order valence-electron chi connectivity index (χ1n) is 7.43. The average Bonchev–Trinajstić information content (AvgIpc) is 2.59. The molecular formula is C18H13BrF3N3O. The molecule has 0 aliphatic rings. The average molecular weight is 424 g/mol. The molecule has 0 spiro atoms. The molecule has 2 aromatic rings. The van der Waals surface area contributed by atoms with E-state index in [1.54, 1.807) is 31.2 Å². The molecule has 4 nitrogen and oxygen atoms in total. The molecule has 0 saturated heterocycles. The Morgan fingerprint density at radius 3 is 2.62 bits per heavy atom. The molecule has 1 heterocycles. The van der Waals surface area contributed by atoms with E-state index >= 15 is 0 Å². The summed E-state index contributed by atoms with van der Waals surface area (Å²) < 4.78 is 38.9. The number of rotatable bonds is 4. The summed E-state index contributed by atoms with van der Waals surface area (Å²) >= 11 is 3.19. The van der Waals surface area contributed by atoms with Crippen molar-refractivity contribution in [3.05, 3.63) is 69.5 Å². The van der Waals surface area contributed by atoms with Gasteiger partial charge in [-0.05, 0) is 58.8 Å². The molecule has 134 valence electrons. The first kappa shape index (κ1) is 19.7. The Morgan fingerprint density at radius 1 is 1.31 bits per heavy atom. The number of nitrogens with zero attached hydrogens (tertiary/aromatic N) is 2. The number of halogens is 4. The van der Waals surface area contributed by atoms with Crippen molar-refractivity contribution in [1.29, 1.82) is 5.26 Å². The van der Waals surface area contributed by atoms with Gasteiger partial charge >= 0.3 is 6.18 Å². The van der Waals surface area contributed by atoms with Gasteiger partial charge in [-0.2, -0.15) is 18.4 Å². The van der Waals surface area contributed by atoms with Crippen molar-refractivity contribution in [3.8, 4) is 6.07 Å². The number of pyridine rings is 1. The molecule has 0 radical (unpaired) electrons. The fraction of sp³-hybridized carbons (Fsp3) is 0.167. The second-order valence-electron chi connectivity index (χ2n) is 5.37. The quantitative estimate of drug-likeness (QED) is 0.442. The van der Waals surface area contributed by atoms with Crippen LogP contribution in [0.3, 0.4) is 0 Å². The van der Waals surface area contributed by atoms with Crippen molar-refractivity contribution in [2.75, 3.05) is 0 Å². The van der Waals surface area contributed by atoms with Crippen molar-refractivity contribution in [1.82, 2.24) is 10.3 Å². The second kappa shape index (κ2) is 8.15. The topological polar surface area (TPSA) is 65.8 Å². The maximum absolute atomic E-state index is 12.8. The summed E-state index contributed by atoms with van der Waals surface area (Å²) in [6.45, 7) is 1.54. The molecule has 2 rings (SSSR count). The third-order valence-corrected chi connectivity index (χ3v) is 3.90. The number of alkyl halides is 3. The van der Waals surface area contributed by atoms with Gasteiger partial charge in [0.15, 0.2) is 0 Å². The number of amides is 1. The predicted octanol–water partition coefficient (Wildman–Crippen LogP) is 4.65. The van der Waals surface area contributed by atoms with Crippen LogP contribution < -0.4 is 5.32 Å². The molecule has 0 saturated carbocycles. The molecule has 8 heteroatoms. The fourth-order valence-corrected chi connectivity index (χ4v) is 2.50. The molecule has 1 aromatic heterocycles. The Hall–Kier alpha value is -2.66. The number of carbonyl (C=O) groups excluding carboxylic acids is 1. The van der Waals surface area contributed by atoms with Crippen molar-refractivity contribution in [2.45, 2.75) is 19.1 Å². The zero-order valence-electron chi connectivity index (χ0n) is 13.5. The summed E-state index contributed by atoms with van der Waals surface area (Å²) in [6, 6.07) is 10.7. The molecule has 1 atom stereocenters. The van der Waals surface area contributed by atoms with Gasteiger partial charge in [-0.25, -0.2) is 4.98 Å². The standard InChI is InChI=1S/C18H13BrF3N3O/c1-11(12-4-2-5-14(8-12)18(20,21)22)24-17(26)13(10-23)9-15-6-3-7-16(19)25-15/h2-9,11H,1H3,(H,24,26)/b13-9+/t11-/m0/s1. The SMILES string of the molecule is C[C@H](NC(=O)/C(C#N)=C/c1cccc(Br)n1)c1cccc(C(F)(F)F)c1. The Morgan fingerprint density at radius 2 is 2.00 bits per heavy atom. The third-order valence-electron chi connectivity index (χ3n) is 3.46. The number of nitriles is 1. The van der Waals surface area contributed by atoms with E-state index in [0.717, 1.165) is 12.1 Å². The van der Waals surface area contributed by atoms with Gasteiger partial charge < -0.3 is 5.32 Å². The van der Waals surface area contributed by atoms with Crippen LogP contribution >= 0.6 is 15.9 Å². The van der Waals surface area contributed by atoms with Crippen LogP contribution in [-0.2, 0) is 11.0 Å². The van der Waals surface area contributed by atoms with Crippen molar-refractivity contribution < 1.29 is 18.0 Å². The van der Waals surface area contributed by atoms with Crippen LogP contribution in [-0.4, -0.2) is 10.9 Å². The van der Waals surface area contributed by atoms with Crippen molar-refractivity contribution >= 4 is 27.9 Å². The molecule has 0 aliphatic carbocycles. The summed E-state index contributed by atoms with van der Waals surface area (Å²) in [4.78, 5) is 16.4. The Bertz CT molecular complexity index is 888. The lowest BCUT2D eigenvalue weighted by molar-refractivity contribution is -0.137. The summed E-state index contributed by atoms with van der Waals surface area (Å²) in [5.41, 5.74) is -0.316. The van der Waals surface area contributed by atoms with Crippen LogP contribution in [0, 0.1) is 11.3 Å². The van der Waals surface area contributed by atoms with E-state index in [4.69, 9.17) is 0 Å². The highest BCUT2D eigenvalue weighted by Gasteiger charge is 2.30. The Balaban J connectivity index is 2.19. The van der Waals surface area contributed by atoms with Gasteiger partial charge in [-0.3, -0.25) is 4.79 Å². The van der Waals surface area contributed by atoms with Crippen LogP contribution in [0.25, 0.3) is 6.08 Å². The largest absolute Gasteiger partial charge is 0.416 e. The zero-order chi connectivity index (χ0) is 19.3. The molecule has 1 N–H and O–H groups in total. The van der Waals surface area contributed by atoms with E-state index in [0.29, 0.717) is 10.3 Å². The fourth-order valence-electron chi connectivity index (χ4n) is 2.14. The van der Waals surface area contributed by atoms with E-state index < -0.39 is 23.7 Å². The zero-order valence-corrected chi connectivity index (χ0v) is 15.1. The number of aromatic nitrogens is 1. The molecule has 1 amide bonds. The van der Waals surface area contributed by atoms with Gasteiger partial charge in [0, 0.05) is 0 Å². The van der Waals surface area contributed by atoms with Gasteiger partial charge in [0.05, 0.1) is 17.3 Å². The van der Waals surface area contributed by atoms with Crippen LogP contribution in [0.1, 0.15) is 29.8 Å². The van der Waals surface area contributed by atoms with Crippen molar-refractivity contribution in [2.24, 2.45) is 0 Å². The molecule has 0 bridgehead atoms. The molecule has 26 heavy (non-hydrogen) atoms. The normalized spacial score (nSPS) is 13.0. The summed E-state index contributed by atoms with van der Waals surface area (Å²) in [6.07, 6.45) is -3.16. The lowest BCUT2D eigenvalue weighted by atomic mass is 10.0. The number of benzene rings is 1. The molecule has 0 fully saturated rings. The van der Waals surface area contributed by atoms with Gasteiger partial charge in [-0.1, -0.05) is 18.2 Å². The highest BCUT2D eigenvalue weighted by molar-refractivity contribution is 9.10. The van der Waals surface area contributed by atoms with Gasteiger partial charge in [-0.15, -0.1) is 0 Å². The first-order valence-corrected chi connectivity index (χ1v) is 8.22. The van der Waals surface area contributed by atoms with E-state index in [1.807, 2.05) is 0 Å². The Labute approximate surface area is 156 Å². The highest BCUT2D eigenvalue weighted by Crippen LogP contribution is 2.30. The minimum Gasteiger partial charge on any atom is -0.345 e. The van der Waals surface area contributed by atoms with E-state index in [9.17, 15) is 23.2 Å². The van der Waals surface area contributed by atoms with Gasteiger partial charge in [0.2, 0.25) is 0 Å². The number of nitrogens with one attached hydrogen (secondary N) is 1. The van der Waals surface area contributed by atoms with Gasteiger partial charge in [0.1, 0.15) is 16.2 Å². The third kappa shape index (κ3) is 5.17. The van der Waals surface area contributed by atoms with Crippen LogP contribution in [0.2, 0.25) is 0 Å². The molecular weight excluding hydrogens is 411 g/mol. The minimum atomic E-state index is -4.47. The van der Waals surface area contributed by atoms with Gasteiger partial charge in [0.25, 0.3) is 5.91 Å². The maximum Gasteiger partial charge on any atom is 0.416 e. The number of carbonyl (C=O) groups is 1. The van der Waals surface area contributed by atoms with Crippen molar-refractivity contribution in [3.63, 3.8) is 0 Å². The number of hydrogen-bond donors (Lipinski definition) is 1. The smallest absolute Gasteiger partial charge is 0.345 e. The van der Waals surface area contributed by atoms with Crippen LogP contribution in [0.5, 0.6) is 0 Å². The van der Waals surface area contributed by atoms with Crippen LogP contribution in [0.15, 0.2) is 52.6 Å². The molecule has 1 aromatic carbocycles. The monoisotopic (exact) mass is 423 g/mol. The van der Waals surface area contributed by atoms with E-state index in [-0.39, 0.29) is 11.1 Å². The minimum absolute atomic E-state index is 0.200. The first-order chi connectivity index (χ1) is 12.2. The maximum atomic E-state index is 12.8. The Kier molecular flexibility index (Phi) is 6.16. The lowest BCUT2D eigenvalue weighted by Gasteiger charge is -2.16. The molecule has 0 aliphatic heterocycles. The summed E-state index contributed by atoms with van der Waals surface area (Å²) in [5, 5.41) is 11.7. The van der Waals surface area contributed by atoms with E-state index in [2.05, 4.69) is 26.2 Å². The molecule has 0 unspecified atom stereocenters. The predicted molar refractivity (Wildman–Crippen MR) is 93.5 cm³/mol. The lowest BCUT2D eigenvalue weighted by Crippen LogP contribution is -2.27. The second-order valence-corrected chi connectivity index (χ2v) is 6.19. The highest BCUT2D eigenvalue weighted by atomic mass is 79.9. The summed E-state index contributed by atoms with van der Waals surface area (Å²) in [7, 11) is 0. The van der Waals surface area contributed by atoms with E-state index in [1.165, 1.54) is 18.2 Å². The summed E-state index contributed by atoms with van der Waals surface area (Å²) in [5.74, 6) is -0.695.